The molecule has 0 atom stereocenters. The van der Waals surface area contributed by atoms with E-state index in [2.05, 4.69) is 4.98 Å². The number of benzene rings is 1. The molecule has 0 aliphatic carbocycles. The third-order valence-corrected chi connectivity index (χ3v) is 1.69. The molecule has 1 aromatic carbocycles. The van der Waals surface area contributed by atoms with Gasteiger partial charge in [0.05, 0.1) is 23.3 Å². The molecule has 0 amide bonds. The van der Waals surface area contributed by atoms with Crippen LogP contribution in [-0.2, 0) is 0 Å². The third-order valence-electron chi connectivity index (χ3n) is 1.69. The van der Waals surface area contributed by atoms with Gasteiger partial charge in [-0.2, -0.15) is 10.5 Å². The van der Waals surface area contributed by atoms with Gasteiger partial charge in [-0.3, -0.25) is 4.98 Å². The fourth-order valence-corrected chi connectivity index (χ4v) is 0.971. The molecule has 0 bridgehead atoms. The van der Waals surface area contributed by atoms with E-state index in [0.717, 1.165) is 0 Å². The summed E-state index contributed by atoms with van der Waals surface area (Å²) in [7, 11) is 0. The van der Waals surface area contributed by atoms with Crippen molar-refractivity contribution in [3.63, 3.8) is 0 Å². The van der Waals surface area contributed by atoms with Gasteiger partial charge in [0.25, 0.3) is 0 Å². The van der Waals surface area contributed by atoms with Gasteiger partial charge in [0.1, 0.15) is 0 Å². The highest BCUT2D eigenvalue weighted by molar-refractivity contribution is 5.38. The molecule has 2 rings (SSSR count). The fourth-order valence-electron chi connectivity index (χ4n) is 0.971. The van der Waals surface area contributed by atoms with Gasteiger partial charge in [0.2, 0.25) is 0 Å². The SMILES string of the molecule is N#Cc1cccc(C#N)c1.c1ccncc1. The van der Waals surface area contributed by atoms with Gasteiger partial charge in [-0.05, 0) is 30.3 Å². The maximum Gasteiger partial charge on any atom is 0.0992 e. The second-order valence-corrected chi connectivity index (χ2v) is 2.83. The second-order valence-electron chi connectivity index (χ2n) is 2.83. The summed E-state index contributed by atoms with van der Waals surface area (Å²) in [5.74, 6) is 0. The van der Waals surface area contributed by atoms with Gasteiger partial charge in [0.15, 0.2) is 0 Å². The molecule has 0 fully saturated rings. The van der Waals surface area contributed by atoms with Gasteiger partial charge in [0, 0.05) is 12.4 Å². The molecule has 0 unspecified atom stereocenters. The Morgan fingerprint density at radius 3 is 1.69 bits per heavy atom. The number of aromatic nitrogens is 1. The van der Waals surface area contributed by atoms with Crippen LogP contribution in [0, 0.1) is 22.7 Å². The molecule has 16 heavy (non-hydrogen) atoms. The minimum Gasteiger partial charge on any atom is -0.265 e. The zero-order chi connectivity index (χ0) is 11.6. The van der Waals surface area contributed by atoms with Crippen molar-refractivity contribution in [3.05, 3.63) is 66.0 Å². The molecule has 0 aliphatic heterocycles. The Hall–Kier alpha value is -2.65. The first-order valence-electron chi connectivity index (χ1n) is 4.62. The number of nitriles is 2. The minimum atomic E-state index is 0.527. The van der Waals surface area contributed by atoms with Crippen LogP contribution < -0.4 is 0 Å². The van der Waals surface area contributed by atoms with E-state index >= 15 is 0 Å². The number of pyridine rings is 1. The minimum absolute atomic E-state index is 0.527. The van der Waals surface area contributed by atoms with E-state index in [1.54, 1.807) is 36.7 Å². The van der Waals surface area contributed by atoms with E-state index in [4.69, 9.17) is 10.5 Å². The van der Waals surface area contributed by atoms with Gasteiger partial charge in [-0.15, -0.1) is 0 Å². The fraction of sp³-hybridized carbons (Fsp3) is 0. The van der Waals surface area contributed by atoms with Crippen molar-refractivity contribution >= 4 is 0 Å². The molecule has 0 radical (unpaired) electrons. The highest BCUT2D eigenvalue weighted by atomic mass is 14.6. The van der Waals surface area contributed by atoms with Crippen LogP contribution in [0.25, 0.3) is 0 Å². The molecular weight excluding hydrogens is 198 g/mol. The second kappa shape index (κ2) is 6.75. The van der Waals surface area contributed by atoms with Gasteiger partial charge in [-0.25, -0.2) is 0 Å². The Kier molecular flexibility index (Phi) is 4.82. The van der Waals surface area contributed by atoms with Crippen molar-refractivity contribution < 1.29 is 0 Å². The predicted octanol–water partition coefficient (Wildman–Crippen LogP) is 2.51. The number of nitrogens with zero attached hydrogens (tertiary/aromatic N) is 3. The van der Waals surface area contributed by atoms with E-state index in [9.17, 15) is 0 Å². The van der Waals surface area contributed by atoms with Crippen LogP contribution >= 0.6 is 0 Å². The Bertz CT molecular complexity index is 451. The molecule has 1 heterocycles. The molecular formula is C13H9N3. The van der Waals surface area contributed by atoms with Crippen LogP contribution in [0.3, 0.4) is 0 Å². The van der Waals surface area contributed by atoms with Crippen molar-refractivity contribution in [2.75, 3.05) is 0 Å². The van der Waals surface area contributed by atoms with Crippen LogP contribution in [0.1, 0.15) is 11.1 Å². The number of hydrogen-bond donors (Lipinski definition) is 0. The van der Waals surface area contributed by atoms with E-state index in [1.165, 1.54) is 0 Å². The topological polar surface area (TPSA) is 60.5 Å². The molecule has 0 spiro atoms. The van der Waals surface area contributed by atoms with Crippen molar-refractivity contribution in [2.45, 2.75) is 0 Å². The van der Waals surface area contributed by atoms with Crippen molar-refractivity contribution in [1.82, 2.24) is 4.98 Å². The van der Waals surface area contributed by atoms with Crippen LogP contribution in [0.4, 0.5) is 0 Å². The summed E-state index contributed by atoms with van der Waals surface area (Å²) in [4.78, 5) is 3.78. The highest BCUT2D eigenvalue weighted by Crippen LogP contribution is 2.01. The average Bonchev–Trinajstić information content (AvgIpc) is 2.41. The number of hydrogen-bond acceptors (Lipinski definition) is 3. The first-order valence-corrected chi connectivity index (χ1v) is 4.62. The smallest absolute Gasteiger partial charge is 0.0992 e. The summed E-state index contributed by atoms with van der Waals surface area (Å²) >= 11 is 0. The van der Waals surface area contributed by atoms with Crippen molar-refractivity contribution in [3.8, 4) is 12.1 Å². The van der Waals surface area contributed by atoms with Crippen molar-refractivity contribution in [1.29, 1.82) is 10.5 Å². The van der Waals surface area contributed by atoms with E-state index in [1.807, 2.05) is 30.3 Å². The first-order chi connectivity index (χ1) is 7.86. The van der Waals surface area contributed by atoms with E-state index in [-0.39, 0.29) is 0 Å². The van der Waals surface area contributed by atoms with Gasteiger partial charge >= 0.3 is 0 Å². The lowest BCUT2D eigenvalue weighted by molar-refractivity contribution is 1.33. The summed E-state index contributed by atoms with van der Waals surface area (Å²) in [6, 6.07) is 16.2. The maximum atomic E-state index is 8.40. The molecule has 0 N–H and O–H groups in total. The van der Waals surface area contributed by atoms with E-state index in [0.29, 0.717) is 11.1 Å². The largest absolute Gasteiger partial charge is 0.265 e. The van der Waals surface area contributed by atoms with Crippen LogP contribution in [0.2, 0.25) is 0 Å². The molecule has 0 aliphatic rings. The molecule has 0 saturated heterocycles. The Morgan fingerprint density at radius 2 is 1.38 bits per heavy atom. The maximum absolute atomic E-state index is 8.40. The van der Waals surface area contributed by atoms with Gasteiger partial charge < -0.3 is 0 Å². The van der Waals surface area contributed by atoms with Crippen LogP contribution in [-0.4, -0.2) is 4.98 Å². The molecule has 76 valence electrons. The Labute approximate surface area is 94.2 Å². The lowest BCUT2D eigenvalue weighted by Crippen LogP contribution is -1.75. The summed E-state index contributed by atoms with van der Waals surface area (Å²) < 4.78 is 0. The summed E-state index contributed by atoms with van der Waals surface area (Å²) in [5, 5.41) is 16.8. The summed E-state index contributed by atoms with van der Waals surface area (Å²) in [5.41, 5.74) is 1.05. The third kappa shape index (κ3) is 4.04. The van der Waals surface area contributed by atoms with Crippen molar-refractivity contribution in [2.24, 2.45) is 0 Å². The lowest BCUT2D eigenvalue weighted by atomic mass is 10.2. The van der Waals surface area contributed by atoms with Crippen LogP contribution in [0.15, 0.2) is 54.9 Å². The monoisotopic (exact) mass is 207 g/mol. The molecule has 3 heteroatoms. The standard InChI is InChI=1S/C8H4N2.C5H5N/c9-5-7-2-1-3-8(4-7)6-10;1-2-4-6-5-3-1/h1-4H;1-5H. The zero-order valence-electron chi connectivity index (χ0n) is 8.54. The predicted molar refractivity (Wildman–Crippen MR) is 60.1 cm³/mol. The Balaban J connectivity index is 0.000000181. The highest BCUT2D eigenvalue weighted by Gasteiger charge is 1.90. The zero-order valence-corrected chi connectivity index (χ0v) is 8.54. The first kappa shape index (κ1) is 11.4. The molecule has 3 nitrogen and oxygen atoms in total. The van der Waals surface area contributed by atoms with Gasteiger partial charge in [-0.1, -0.05) is 12.1 Å². The summed E-state index contributed by atoms with van der Waals surface area (Å²) in [6.45, 7) is 0. The lowest BCUT2D eigenvalue weighted by Gasteiger charge is -1.86. The normalized spacial score (nSPS) is 7.88. The quantitative estimate of drug-likeness (QED) is 0.666. The van der Waals surface area contributed by atoms with E-state index < -0.39 is 0 Å². The molecule has 2 aromatic rings. The summed E-state index contributed by atoms with van der Waals surface area (Å²) in [6.07, 6.45) is 3.50. The Morgan fingerprint density at radius 1 is 0.812 bits per heavy atom. The molecule has 0 saturated carbocycles. The average molecular weight is 207 g/mol. The van der Waals surface area contributed by atoms with Crippen LogP contribution in [0.5, 0.6) is 0 Å². The molecule has 1 aromatic heterocycles. The number of rotatable bonds is 0.